The normalized spacial score (nSPS) is 23.9. The number of aromatic hydroxyl groups is 2. The molecule has 0 radical (unpaired) electrons. The molecule has 3 atom stereocenters. The average molecular weight is 527 g/mol. The summed E-state index contributed by atoms with van der Waals surface area (Å²) < 4.78 is 19.1. The van der Waals surface area contributed by atoms with E-state index in [1.54, 1.807) is 22.8 Å². The molecule has 0 amide bonds. The van der Waals surface area contributed by atoms with E-state index >= 15 is 0 Å². The molecule has 198 valence electrons. The predicted molar refractivity (Wildman–Crippen MR) is 140 cm³/mol. The van der Waals surface area contributed by atoms with Crippen LogP contribution >= 0.6 is 0 Å². The number of hydrogen-bond acceptors (Lipinski definition) is 8. The molecule has 39 heavy (non-hydrogen) atoms. The number of benzene rings is 3. The van der Waals surface area contributed by atoms with Gasteiger partial charge < -0.3 is 29.5 Å². The molecule has 2 aliphatic heterocycles. The Kier molecular flexibility index (Phi) is 4.84. The lowest BCUT2D eigenvalue weighted by Crippen LogP contribution is -2.49. The Bertz CT molecular complexity index is 1720. The number of aromatic nitrogens is 2. The molecule has 9 heteroatoms. The predicted octanol–water partition coefficient (Wildman–Crippen LogP) is 3.29. The van der Waals surface area contributed by atoms with Crippen molar-refractivity contribution in [2.75, 3.05) is 14.2 Å². The van der Waals surface area contributed by atoms with Crippen LogP contribution in [0.25, 0.3) is 0 Å². The van der Waals surface area contributed by atoms with Crippen molar-refractivity contribution in [3.05, 3.63) is 105 Å². The minimum atomic E-state index is -2.09. The number of ether oxygens (including phenoxy) is 3. The third-order valence-electron chi connectivity index (χ3n) is 8.30. The molecule has 1 aliphatic carbocycles. The molecule has 0 saturated heterocycles. The van der Waals surface area contributed by atoms with Crippen LogP contribution in [0.3, 0.4) is 0 Å². The van der Waals surface area contributed by atoms with Crippen LogP contribution < -0.4 is 19.8 Å². The minimum Gasteiger partial charge on any atom is -0.507 e. The number of nitrogens with zero attached hydrogens (tertiary/aromatic N) is 2. The van der Waals surface area contributed by atoms with Crippen LogP contribution in [0.4, 0.5) is 0 Å². The Labute approximate surface area is 223 Å². The summed E-state index contributed by atoms with van der Waals surface area (Å²) >= 11 is 0. The fourth-order valence-electron chi connectivity index (χ4n) is 6.71. The van der Waals surface area contributed by atoms with E-state index in [9.17, 15) is 20.1 Å². The molecule has 4 aromatic rings. The van der Waals surface area contributed by atoms with Gasteiger partial charge in [0.15, 0.2) is 22.7 Å². The van der Waals surface area contributed by atoms with Gasteiger partial charge in [0.25, 0.3) is 5.56 Å². The zero-order valence-electron chi connectivity index (χ0n) is 21.3. The van der Waals surface area contributed by atoms with E-state index in [1.807, 2.05) is 30.3 Å². The van der Waals surface area contributed by atoms with E-state index in [4.69, 9.17) is 19.2 Å². The number of hydrogen-bond donors (Lipinski definition) is 3. The van der Waals surface area contributed by atoms with Gasteiger partial charge in [0.2, 0.25) is 0 Å². The van der Waals surface area contributed by atoms with E-state index < -0.39 is 17.1 Å². The van der Waals surface area contributed by atoms with Gasteiger partial charge in [-0.3, -0.25) is 9.36 Å². The standard InChI is InChI=1S/C30H26N2O7/c1-37-18-14-20(34)26-22(15-18)39-30(17-10-11-21(38-2)19(33)13-17)25(16-7-4-3-5-8-16)24-27(29(26,30)36)31-23-9-6-12-32(23)28(24)35/h3-5,7-8,10-11,13-15,25,33-34,36H,6,9,12H2,1-2H3. The molecule has 3 aliphatic rings. The molecular weight excluding hydrogens is 500 g/mol. The van der Waals surface area contributed by atoms with Gasteiger partial charge in [-0.1, -0.05) is 36.4 Å². The van der Waals surface area contributed by atoms with Gasteiger partial charge in [-0.25, -0.2) is 4.98 Å². The maximum Gasteiger partial charge on any atom is 0.257 e. The molecule has 0 saturated carbocycles. The quantitative estimate of drug-likeness (QED) is 0.370. The summed E-state index contributed by atoms with van der Waals surface area (Å²) in [5, 5.41) is 35.2. The molecule has 3 N–H and O–H groups in total. The first-order valence-electron chi connectivity index (χ1n) is 12.7. The second-order valence-electron chi connectivity index (χ2n) is 10.1. The number of fused-ring (bicyclic) bond motifs is 6. The largest absolute Gasteiger partial charge is 0.507 e. The summed E-state index contributed by atoms with van der Waals surface area (Å²) in [6.45, 7) is 0.532. The first kappa shape index (κ1) is 23.6. The van der Waals surface area contributed by atoms with Gasteiger partial charge in [0.1, 0.15) is 23.1 Å². The molecule has 0 bridgehead atoms. The second-order valence-corrected chi connectivity index (χ2v) is 10.1. The third kappa shape index (κ3) is 2.82. The van der Waals surface area contributed by atoms with Crippen molar-refractivity contribution >= 4 is 0 Å². The fourth-order valence-corrected chi connectivity index (χ4v) is 6.71. The smallest absolute Gasteiger partial charge is 0.257 e. The van der Waals surface area contributed by atoms with Crippen LogP contribution in [0.15, 0.2) is 65.5 Å². The molecule has 3 aromatic carbocycles. The topological polar surface area (TPSA) is 123 Å². The maximum absolute atomic E-state index is 14.2. The Hall–Kier alpha value is -4.50. The molecule has 1 aromatic heterocycles. The van der Waals surface area contributed by atoms with Crippen LogP contribution in [0.2, 0.25) is 0 Å². The number of rotatable bonds is 4. The molecular formula is C30H26N2O7. The van der Waals surface area contributed by atoms with Crippen LogP contribution in [0, 0.1) is 0 Å². The van der Waals surface area contributed by atoms with Crippen molar-refractivity contribution in [3.8, 4) is 28.7 Å². The first-order valence-corrected chi connectivity index (χ1v) is 12.7. The molecule has 0 spiro atoms. The Morgan fingerprint density at radius 1 is 1.03 bits per heavy atom. The zero-order chi connectivity index (χ0) is 27.1. The van der Waals surface area contributed by atoms with Crippen LogP contribution in [-0.4, -0.2) is 39.1 Å². The van der Waals surface area contributed by atoms with E-state index in [0.717, 1.165) is 6.42 Å². The molecule has 0 fully saturated rings. The number of methoxy groups -OCH3 is 2. The minimum absolute atomic E-state index is 0.0909. The van der Waals surface area contributed by atoms with Crippen LogP contribution in [0.5, 0.6) is 28.7 Å². The molecule has 3 heterocycles. The Balaban J connectivity index is 1.65. The van der Waals surface area contributed by atoms with E-state index in [2.05, 4.69) is 0 Å². The highest BCUT2D eigenvalue weighted by atomic mass is 16.5. The van der Waals surface area contributed by atoms with Gasteiger partial charge in [0.05, 0.1) is 37.0 Å². The number of phenolic OH excluding ortho intramolecular Hbond substituents is 2. The molecule has 7 rings (SSSR count). The van der Waals surface area contributed by atoms with Gasteiger partial charge in [-0.15, -0.1) is 0 Å². The molecule has 3 unspecified atom stereocenters. The van der Waals surface area contributed by atoms with E-state index in [-0.39, 0.29) is 39.8 Å². The first-order chi connectivity index (χ1) is 18.8. The highest BCUT2D eigenvalue weighted by Crippen LogP contribution is 2.69. The third-order valence-corrected chi connectivity index (χ3v) is 8.30. The Morgan fingerprint density at radius 2 is 1.82 bits per heavy atom. The Morgan fingerprint density at radius 3 is 2.54 bits per heavy atom. The summed E-state index contributed by atoms with van der Waals surface area (Å²) in [7, 11) is 2.91. The summed E-state index contributed by atoms with van der Waals surface area (Å²) in [5.41, 5.74) is -2.43. The van der Waals surface area contributed by atoms with Crippen molar-refractivity contribution in [1.82, 2.24) is 9.55 Å². The lowest BCUT2D eigenvalue weighted by molar-refractivity contribution is -0.0911. The summed E-state index contributed by atoms with van der Waals surface area (Å²) in [4.78, 5) is 19.0. The molecule has 9 nitrogen and oxygen atoms in total. The van der Waals surface area contributed by atoms with Crippen molar-refractivity contribution in [3.63, 3.8) is 0 Å². The fraction of sp³-hybridized carbons (Fsp3) is 0.267. The summed E-state index contributed by atoms with van der Waals surface area (Å²) in [6.07, 6.45) is 1.36. The van der Waals surface area contributed by atoms with Crippen LogP contribution in [0.1, 0.15) is 46.1 Å². The number of aryl methyl sites for hydroxylation is 1. The highest BCUT2D eigenvalue weighted by molar-refractivity contribution is 5.68. The van der Waals surface area contributed by atoms with Crippen molar-refractivity contribution in [2.45, 2.75) is 36.5 Å². The average Bonchev–Trinajstić information content (AvgIpc) is 3.58. The number of phenols is 2. The van der Waals surface area contributed by atoms with E-state index in [1.165, 1.54) is 26.4 Å². The van der Waals surface area contributed by atoms with Crippen molar-refractivity contribution in [2.24, 2.45) is 0 Å². The van der Waals surface area contributed by atoms with Crippen LogP contribution in [-0.2, 0) is 24.2 Å². The second kappa shape index (κ2) is 8.00. The lowest BCUT2D eigenvalue weighted by Gasteiger charge is -2.40. The van der Waals surface area contributed by atoms with Gasteiger partial charge >= 0.3 is 0 Å². The number of aliphatic hydroxyl groups is 1. The van der Waals surface area contributed by atoms with Crippen molar-refractivity contribution in [1.29, 1.82) is 0 Å². The maximum atomic E-state index is 14.2. The SMILES string of the molecule is COc1cc(O)c2c(c1)OC1(c3ccc(OC)c(O)c3)C(c3ccccc3)c3c(nc4n(c3=O)CCC4)C21O. The summed E-state index contributed by atoms with van der Waals surface area (Å²) in [5.74, 6) is 0.0790. The van der Waals surface area contributed by atoms with E-state index in [0.29, 0.717) is 41.2 Å². The van der Waals surface area contributed by atoms with Crippen molar-refractivity contribution < 1.29 is 29.5 Å². The zero-order valence-corrected chi connectivity index (χ0v) is 21.3. The van der Waals surface area contributed by atoms with Gasteiger partial charge in [-0.05, 0) is 24.1 Å². The highest BCUT2D eigenvalue weighted by Gasteiger charge is 2.74. The van der Waals surface area contributed by atoms with Gasteiger partial charge in [-0.2, -0.15) is 0 Å². The summed E-state index contributed by atoms with van der Waals surface area (Å²) in [6, 6.07) is 17.1. The monoisotopic (exact) mass is 526 g/mol. The van der Waals surface area contributed by atoms with Gasteiger partial charge in [0, 0.05) is 30.7 Å². The lowest BCUT2D eigenvalue weighted by atomic mass is 9.70.